The van der Waals surface area contributed by atoms with Crippen LogP contribution in [0.1, 0.15) is 25.7 Å². The Morgan fingerprint density at radius 3 is 2.60 bits per heavy atom. The quantitative estimate of drug-likeness (QED) is 0.784. The van der Waals surface area contributed by atoms with Crippen molar-refractivity contribution >= 4 is 15.7 Å². The largest absolute Gasteiger partial charge is 0.497 e. The Morgan fingerprint density at radius 1 is 1.40 bits per heavy atom. The first-order chi connectivity index (χ1) is 9.47. The normalized spacial score (nSPS) is 20.6. The zero-order valence-corrected chi connectivity index (χ0v) is 12.4. The first-order valence-electron chi connectivity index (χ1n) is 6.90. The molecule has 0 unspecified atom stereocenters. The van der Waals surface area contributed by atoms with Crippen molar-refractivity contribution in [2.24, 2.45) is 11.3 Å². The minimum atomic E-state index is -3.55. The lowest BCUT2D eigenvalue weighted by atomic mass is 10.0. The van der Waals surface area contributed by atoms with Gasteiger partial charge < -0.3 is 10.5 Å². The van der Waals surface area contributed by atoms with Crippen molar-refractivity contribution in [1.29, 1.82) is 0 Å². The van der Waals surface area contributed by atoms with Gasteiger partial charge in [-0.15, -0.1) is 0 Å². The Morgan fingerprint density at radius 2 is 2.10 bits per heavy atom. The molecule has 2 aliphatic rings. The SMILES string of the molecule is COc1ccc(S(=O)(=O)NCC2(C3CC3)CC2)c(N)c1. The van der Waals surface area contributed by atoms with Crippen molar-refractivity contribution in [3.05, 3.63) is 18.2 Å². The molecule has 2 fully saturated rings. The smallest absolute Gasteiger partial charge is 0.242 e. The Labute approximate surface area is 119 Å². The van der Waals surface area contributed by atoms with Crippen molar-refractivity contribution < 1.29 is 13.2 Å². The van der Waals surface area contributed by atoms with Crippen LogP contribution in [0.25, 0.3) is 0 Å². The molecule has 3 rings (SSSR count). The van der Waals surface area contributed by atoms with Crippen LogP contribution in [-0.2, 0) is 10.0 Å². The monoisotopic (exact) mass is 296 g/mol. The number of ether oxygens (including phenoxy) is 1. The summed E-state index contributed by atoms with van der Waals surface area (Å²) in [5.74, 6) is 1.27. The Hall–Kier alpha value is -1.27. The first-order valence-corrected chi connectivity index (χ1v) is 8.38. The summed E-state index contributed by atoms with van der Waals surface area (Å²) in [6, 6.07) is 4.63. The molecule has 0 radical (unpaired) electrons. The predicted molar refractivity (Wildman–Crippen MR) is 77.0 cm³/mol. The zero-order valence-electron chi connectivity index (χ0n) is 11.6. The molecular weight excluding hydrogens is 276 g/mol. The molecule has 0 aromatic heterocycles. The fourth-order valence-electron chi connectivity index (χ4n) is 2.80. The summed E-state index contributed by atoms with van der Waals surface area (Å²) in [6.07, 6.45) is 4.76. The number of anilines is 1. The first kappa shape index (κ1) is 13.7. The lowest BCUT2D eigenvalue weighted by Gasteiger charge is -2.16. The average molecular weight is 296 g/mol. The van der Waals surface area contributed by atoms with E-state index in [0.717, 1.165) is 18.8 Å². The van der Waals surface area contributed by atoms with Crippen molar-refractivity contribution in [3.8, 4) is 5.75 Å². The minimum absolute atomic E-state index is 0.130. The molecule has 6 heteroatoms. The number of rotatable bonds is 6. The van der Waals surface area contributed by atoms with Gasteiger partial charge in [0.15, 0.2) is 0 Å². The molecule has 0 amide bonds. The van der Waals surface area contributed by atoms with Gasteiger partial charge in [0.1, 0.15) is 10.6 Å². The second kappa shape index (κ2) is 4.63. The van der Waals surface area contributed by atoms with Crippen LogP contribution < -0.4 is 15.2 Å². The van der Waals surface area contributed by atoms with Crippen LogP contribution in [0.4, 0.5) is 5.69 Å². The number of nitrogen functional groups attached to an aromatic ring is 1. The molecule has 110 valence electrons. The van der Waals surface area contributed by atoms with Crippen LogP contribution in [0.5, 0.6) is 5.75 Å². The third kappa shape index (κ3) is 2.50. The number of methoxy groups -OCH3 is 1. The van der Waals surface area contributed by atoms with Gasteiger partial charge in [0, 0.05) is 12.6 Å². The van der Waals surface area contributed by atoms with Gasteiger partial charge in [-0.2, -0.15) is 0 Å². The van der Waals surface area contributed by atoms with E-state index >= 15 is 0 Å². The van der Waals surface area contributed by atoms with Crippen molar-refractivity contribution in [2.75, 3.05) is 19.4 Å². The summed E-state index contributed by atoms with van der Waals surface area (Å²) in [4.78, 5) is 0.130. The van der Waals surface area contributed by atoms with Gasteiger partial charge in [-0.3, -0.25) is 0 Å². The molecule has 0 atom stereocenters. The van der Waals surface area contributed by atoms with Gasteiger partial charge >= 0.3 is 0 Å². The number of hydrogen-bond donors (Lipinski definition) is 2. The zero-order chi connectivity index (χ0) is 14.4. The number of benzene rings is 1. The van der Waals surface area contributed by atoms with Gasteiger partial charge in [-0.25, -0.2) is 13.1 Å². The summed E-state index contributed by atoms with van der Waals surface area (Å²) in [5, 5.41) is 0. The highest BCUT2D eigenvalue weighted by molar-refractivity contribution is 7.89. The third-order valence-electron chi connectivity index (χ3n) is 4.46. The van der Waals surface area contributed by atoms with E-state index in [-0.39, 0.29) is 16.0 Å². The highest BCUT2D eigenvalue weighted by atomic mass is 32.2. The van der Waals surface area contributed by atoms with E-state index in [1.807, 2.05) is 0 Å². The predicted octanol–water partition coefficient (Wildman–Crippen LogP) is 1.75. The molecule has 1 aromatic carbocycles. The maximum absolute atomic E-state index is 12.3. The van der Waals surface area contributed by atoms with Crippen LogP contribution >= 0.6 is 0 Å². The maximum Gasteiger partial charge on any atom is 0.242 e. The van der Waals surface area contributed by atoms with Gasteiger partial charge in [-0.1, -0.05) is 0 Å². The summed E-state index contributed by atoms with van der Waals surface area (Å²) in [5.41, 5.74) is 6.26. The fourth-order valence-corrected chi connectivity index (χ4v) is 4.05. The minimum Gasteiger partial charge on any atom is -0.497 e. The molecule has 3 N–H and O–H groups in total. The molecular formula is C14H20N2O3S. The highest BCUT2D eigenvalue weighted by Gasteiger charge is 2.53. The van der Waals surface area contributed by atoms with Crippen LogP contribution in [0, 0.1) is 11.3 Å². The lowest BCUT2D eigenvalue weighted by Crippen LogP contribution is -2.31. The van der Waals surface area contributed by atoms with Gasteiger partial charge in [0.05, 0.1) is 12.8 Å². The molecule has 0 spiro atoms. The molecule has 0 aliphatic heterocycles. The van der Waals surface area contributed by atoms with Gasteiger partial charge in [-0.05, 0) is 49.1 Å². The van der Waals surface area contributed by atoms with E-state index in [1.54, 1.807) is 6.07 Å². The van der Waals surface area contributed by atoms with Crippen LogP contribution in [0.15, 0.2) is 23.1 Å². The summed E-state index contributed by atoms with van der Waals surface area (Å²) in [7, 11) is -2.02. The fraction of sp³-hybridized carbons (Fsp3) is 0.571. The number of nitrogens with two attached hydrogens (primary N) is 1. The Balaban J connectivity index is 1.74. The van der Waals surface area contributed by atoms with Gasteiger partial charge in [0.2, 0.25) is 10.0 Å². The molecule has 0 bridgehead atoms. The van der Waals surface area contributed by atoms with Gasteiger partial charge in [0.25, 0.3) is 0 Å². The second-order valence-corrected chi connectivity index (χ2v) is 7.60. The molecule has 20 heavy (non-hydrogen) atoms. The average Bonchev–Trinajstić information content (AvgIpc) is 3.27. The van der Waals surface area contributed by atoms with Crippen LogP contribution in [-0.4, -0.2) is 22.1 Å². The number of hydrogen-bond acceptors (Lipinski definition) is 4. The molecule has 1 aromatic rings. The Bertz CT molecular complexity index is 619. The molecule has 0 saturated heterocycles. The van der Waals surface area contributed by atoms with E-state index in [2.05, 4.69) is 4.72 Å². The lowest BCUT2D eigenvalue weighted by molar-refractivity contribution is 0.414. The van der Waals surface area contributed by atoms with Crippen molar-refractivity contribution in [1.82, 2.24) is 4.72 Å². The molecule has 2 saturated carbocycles. The highest BCUT2D eigenvalue weighted by Crippen LogP contribution is 2.60. The van der Waals surface area contributed by atoms with E-state index < -0.39 is 10.0 Å². The van der Waals surface area contributed by atoms with E-state index in [1.165, 1.54) is 32.1 Å². The standard InChI is InChI=1S/C14H20N2O3S/c1-19-11-4-5-13(12(15)8-11)20(17,18)16-9-14(6-7-14)10-2-3-10/h4-5,8,10,16H,2-3,6-7,9,15H2,1H3. The summed E-state index contributed by atoms with van der Waals surface area (Å²) >= 11 is 0. The van der Waals surface area contributed by atoms with Crippen molar-refractivity contribution in [3.63, 3.8) is 0 Å². The molecule has 2 aliphatic carbocycles. The summed E-state index contributed by atoms with van der Waals surface area (Å²) in [6.45, 7) is 0.533. The van der Waals surface area contributed by atoms with E-state index in [9.17, 15) is 8.42 Å². The molecule has 0 heterocycles. The summed E-state index contributed by atoms with van der Waals surface area (Å²) < 4.78 is 32.4. The van der Waals surface area contributed by atoms with Crippen LogP contribution in [0.3, 0.4) is 0 Å². The van der Waals surface area contributed by atoms with Crippen molar-refractivity contribution in [2.45, 2.75) is 30.6 Å². The third-order valence-corrected chi connectivity index (χ3v) is 5.93. The topological polar surface area (TPSA) is 81.4 Å². The Kier molecular flexibility index (Phi) is 3.17. The van der Waals surface area contributed by atoms with E-state index in [0.29, 0.717) is 12.3 Å². The number of sulfonamides is 1. The number of nitrogens with one attached hydrogen (secondary N) is 1. The van der Waals surface area contributed by atoms with E-state index in [4.69, 9.17) is 10.5 Å². The molecule has 5 nitrogen and oxygen atoms in total. The van der Waals surface area contributed by atoms with Crippen LogP contribution in [0.2, 0.25) is 0 Å². The maximum atomic E-state index is 12.3. The second-order valence-electron chi connectivity index (χ2n) is 5.86.